The van der Waals surface area contributed by atoms with E-state index in [0.717, 1.165) is 11.0 Å². The molecule has 0 radical (unpaired) electrons. The van der Waals surface area contributed by atoms with Crippen LogP contribution in [0.15, 0.2) is 30.5 Å². The molecule has 0 spiro atoms. The maximum Gasteiger partial charge on any atom is 0.147 e. The highest BCUT2D eigenvalue weighted by Crippen LogP contribution is 2.16. The molecule has 0 saturated carbocycles. The summed E-state index contributed by atoms with van der Waals surface area (Å²) >= 11 is 0. The zero-order chi connectivity index (χ0) is 13.9. The lowest BCUT2D eigenvalue weighted by molar-refractivity contribution is 0.584. The number of nitrogens with two attached hydrogens (primary N) is 1. The van der Waals surface area contributed by atoms with E-state index in [-0.39, 0.29) is 11.8 Å². The molecule has 0 bridgehead atoms. The Balaban J connectivity index is 2.06. The molecule has 2 aromatic rings. The van der Waals surface area contributed by atoms with Crippen LogP contribution in [0.2, 0.25) is 0 Å². The van der Waals surface area contributed by atoms with E-state index in [1.807, 2.05) is 24.3 Å². The molecule has 1 unspecified atom stereocenters. The molecule has 5 nitrogen and oxygen atoms in total. The second-order valence-electron chi connectivity index (χ2n) is 4.66. The molecular formula is C13H17N3O2S. The van der Waals surface area contributed by atoms with Crippen molar-refractivity contribution in [2.24, 2.45) is 5.73 Å². The summed E-state index contributed by atoms with van der Waals surface area (Å²) in [6.45, 7) is 0. The van der Waals surface area contributed by atoms with Crippen molar-refractivity contribution in [3.05, 3.63) is 36.2 Å². The highest BCUT2D eigenvalue weighted by atomic mass is 32.2. The summed E-state index contributed by atoms with van der Waals surface area (Å²) in [5.74, 6) is 0.154. The summed E-state index contributed by atoms with van der Waals surface area (Å²) in [4.78, 5) is 8.75. The molecule has 0 aliphatic heterocycles. The Morgan fingerprint density at radius 2 is 1.95 bits per heavy atom. The van der Waals surface area contributed by atoms with E-state index in [9.17, 15) is 8.42 Å². The molecule has 0 aliphatic rings. The Bertz CT molecular complexity index is 670. The summed E-state index contributed by atoms with van der Waals surface area (Å²) in [5.41, 5.74) is 8.35. The minimum absolute atomic E-state index is 0.154. The fourth-order valence-corrected chi connectivity index (χ4v) is 2.55. The number of nitrogens with zero attached hydrogens (tertiary/aromatic N) is 2. The number of aromatic nitrogens is 2. The first-order valence-electron chi connectivity index (χ1n) is 6.11. The number of rotatable bonds is 5. The average Bonchev–Trinajstić information content (AvgIpc) is 2.36. The molecule has 1 aromatic carbocycles. The quantitative estimate of drug-likeness (QED) is 0.895. The molecule has 0 amide bonds. The molecular weight excluding hydrogens is 262 g/mol. The molecule has 6 heteroatoms. The van der Waals surface area contributed by atoms with Crippen LogP contribution >= 0.6 is 0 Å². The van der Waals surface area contributed by atoms with Gasteiger partial charge in [-0.1, -0.05) is 12.1 Å². The molecule has 1 aromatic heterocycles. The fraction of sp³-hybridized carbons (Fsp3) is 0.385. The van der Waals surface area contributed by atoms with Gasteiger partial charge in [0.05, 0.1) is 22.9 Å². The first kappa shape index (κ1) is 13.9. The number of hydrogen-bond acceptors (Lipinski definition) is 5. The lowest BCUT2D eigenvalue weighted by Gasteiger charge is -2.10. The second-order valence-corrected chi connectivity index (χ2v) is 6.92. The van der Waals surface area contributed by atoms with E-state index in [4.69, 9.17) is 5.73 Å². The van der Waals surface area contributed by atoms with Crippen LogP contribution in [0.1, 0.15) is 24.6 Å². The van der Waals surface area contributed by atoms with Crippen molar-refractivity contribution in [2.45, 2.75) is 18.9 Å². The van der Waals surface area contributed by atoms with Gasteiger partial charge in [-0.25, -0.2) is 13.4 Å². The molecule has 102 valence electrons. The number of sulfone groups is 1. The van der Waals surface area contributed by atoms with Crippen molar-refractivity contribution in [3.8, 4) is 0 Å². The van der Waals surface area contributed by atoms with Gasteiger partial charge in [-0.2, -0.15) is 0 Å². The van der Waals surface area contributed by atoms with E-state index in [2.05, 4.69) is 9.97 Å². The summed E-state index contributed by atoms with van der Waals surface area (Å²) in [6, 6.07) is 7.30. The zero-order valence-corrected chi connectivity index (χ0v) is 11.6. The number of benzene rings is 1. The van der Waals surface area contributed by atoms with E-state index in [1.165, 1.54) is 6.26 Å². The predicted octanol–water partition coefficient (Wildman–Crippen LogP) is 1.45. The number of para-hydroxylation sites is 2. The highest BCUT2D eigenvalue weighted by Gasteiger charge is 2.10. The maximum absolute atomic E-state index is 11.1. The summed E-state index contributed by atoms with van der Waals surface area (Å²) in [7, 11) is -2.93. The van der Waals surface area contributed by atoms with E-state index in [1.54, 1.807) is 6.20 Å². The van der Waals surface area contributed by atoms with Gasteiger partial charge in [0, 0.05) is 18.1 Å². The first-order chi connectivity index (χ1) is 8.96. The molecule has 2 rings (SSSR count). The van der Waals surface area contributed by atoms with Gasteiger partial charge in [0.15, 0.2) is 0 Å². The smallest absolute Gasteiger partial charge is 0.147 e. The molecule has 0 aliphatic carbocycles. The molecule has 0 fully saturated rings. The third kappa shape index (κ3) is 3.97. The lowest BCUT2D eigenvalue weighted by atomic mass is 10.1. The third-order valence-electron chi connectivity index (χ3n) is 2.88. The third-order valence-corrected chi connectivity index (χ3v) is 3.91. The van der Waals surface area contributed by atoms with E-state index >= 15 is 0 Å². The number of fused-ring (bicyclic) bond motifs is 1. The fourth-order valence-electron chi connectivity index (χ4n) is 1.86. The standard InChI is InChI=1S/C13H17N3O2S/c1-19(17,18)8-4-5-10(14)13-9-15-11-6-2-3-7-12(11)16-13/h2-3,6-7,9-10H,4-5,8,14H2,1H3. The highest BCUT2D eigenvalue weighted by molar-refractivity contribution is 7.90. The van der Waals surface area contributed by atoms with Gasteiger partial charge in [-0.05, 0) is 25.0 Å². The van der Waals surface area contributed by atoms with Crippen molar-refractivity contribution in [1.82, 2.24) is 9.97 Å². The SMILES string of the molecule is CS(=O)(=O)CCCC(N)c1cnc2ccccc2n1. The van der Waals surface area contributed by atoms with Gasteiger partial charge in [0.25, 0.3) is 0 Å². The lowest BCUT2D eigenvalue weighted by Crippen LogP contribution is -2.14. The van der Waals surface area contributed by atoms with Crippen LogP contribution in [0.3, 0.4) is 0 Å². The van der Waals surface area contributed by atoms with Gasteiger partial charge in [-0.3, -0.25) is 4.98 Å². The van der Waals surface area contributed by atoms with Gasteiger partial charge in [0.1, 0.15) is 9.84 Å². The van der Waals surface area contributed by atoms with Crippen LogP contribution in [-0.2, 0) is 9.84 Å². The Morgan fingerprint density at radius 3 is 2.63 bits per heavy atom. The molecule has 1 heterocycles. The van der Waals surface area contributed by atoms with E-state index in [0.29, 0.717) is 18.5 Å². The molecule has 1 atom stereocenters. The maximum atomic E-state index is 11.1. The zero-order valence-electron chi connectivity index (χ0n) is 10.8. The van der Waals surface area contributed by atoms with Crippen molar-refractivity contribution < 1.29 is 8.42 Å². The van der Waals surface area contributed by atoms with Gasteiger partial charge in [-0.15, -0.1) is 0 Å². The van der Waals surface area contributed by atoms with Crippen molar-refractivity contribution in [2.75, 3.05) is 12.0 Å². The Morgan fingerprint density at radius 1 is 1.26 bits per heavy atom. The Labute approximate surface area is 112 Å². The summed E-state index contributed by atoms with van der Waals surface area (Å²) in [5, 5.41) is 0. The topological polar surface area (TPSA) is 85.9 Å². The van der Waals surface area contributed by atoms with E-state index < -0.39 is 9.84 Å². The van der Waals surface area contributed by atoms with Crippen molar-refractivity contribution in [3.63, 3.8) is 0 Å². The van der Waals surface area contributed by atoms with Crippen molar-refractivity contribution >= 4 is 20.9 Å². The molecule has 19 heavy (non-hydrogen) atoms. The van der Waals surface area contributed by atoms with Crippen LogP contribution in [-0.4, -0.2) is 30.4 Å². The van der Waals surface area contributed by atoms with Crippen molar-refractivity contribution in [1.29, 1.82) is 0 Å². The Kier molecular flexibility index (Phi) is 4.11. The van der Waals surface area contributed by atoms with Gasteiger partial charge in [0.2, 0.25) is 0 Å². The molecule has 2 N–H and O–H groups in total. The minimum Gasteiger partial charge on any atom is -0.323 e. The normalized spacial score (nSPS) is 13.6. The summed E-state index contributed by atoms with van der Waals surface area (Å²) in [6.07, 6.45) is 4.01. The predicted molar refractivity (Wildman–Crippen MR) is 75.4 cm³/mol. The van der Waals surface area contributed by atoms with Crippen LogP contribution in [0.4, 0.5) is 0 Å². The average molecular weight is 279 g/mol. The van der Waals surface area contributed by atoms with Crippen LogP contribution in [0, 0.1) is 0 Å². The molecule has 0 saturated heterocycles. The van der Waals surface area contributed by atoms with Crippen LogP contribution < -0.4 is 5.73 Å². The monoisotopic (exact) mass is 279 g/mol. The summed E-state index contributed by atoms with van der Waals surface area (Å²) < 4.78 is 22.1. The van der Waals surface area contributed by atoms with Gasteiger partial charge < -0.3 is 5.73 Å². The minimum atomic E-state index is -2.93. The number of hydrogen-bond donors (Lipinski definition) is 1. The van der Waals surface area contributed by atoms with Crippen LogP contribution in [0.25, 0.3) is 11.0 Å². The van der Waals surface area contributed by atoms with Gasteiger partial charge >= 0.3 is 0 Å². The first-order valence-corrected chi connectivity index (χ1v) is 8.17. The van der Waals surface area contributed by atoms with Crippen LogP contribution in [0.5, 0.6) is 0 Å². The largest absolute Gasteiger partial charge is 0.323 e. The second kappa shape index (κ2) is 5.63. The Hall–Kier alpha value is -1.53.